The third kappa shape index (κ3) is 5.38. The first-order valence-corrected chi connectivity index (χ1v) is 8.21. The van der Waals surface area contributed by atoms with Crippen molar-refractivity contribution < 1.29 is 4.79 Å². The van der Waals surface area contributed by atoms with Crippen LogP contribution in [0, 0.1) is 6.92 Å². The standard InChI is InChI=1S/C18H27N5O/c1-15-14-17(22(4)20-15)19-18(24)23(13-12-21(2)3)11-10-16-8-6-5-7-9-16/h5-9,14H,10-13H2,1-4H3,(H,19,24). The molecule has 0 saturated heterocycles. The molecule has 2 aromatic rings. The van der Waals surface area contributed by atoms with Crippen molar-refractivity contribution in [3.63, 3.8) is 0 Å². The van der Waals surface area contributed by atoms with Gasteiger partial charge in [0.05, 0.1) is 5.69 Å². The van der Waals surface area contributed by atoms with Crippen molar-refractivity contribution in [3.8, 4) is 0 Å². The van der Waals surface area contributed by atoms with E-state index in [1.807, 2.05) is 57.2 Å². The van der Waals surface area contributed by atoms with E-state index in [9.17, 15) is 4.79 Å². The van der Waals surface area contributed by atoms with Crippen molar-refractivity contribution in [2.75, 3.05) is 39.0 Å². The van der Waals surface area contributed by atoms with Crippen molar-refractivity contribution in [3.05, 3.63) is 47.7 Å². The van der Waals surface area contributed by atoms with Crippen molar-refractivity contribution >= 4 is 11.8 Å². The van der Waals surface area contributed by atoms with Gasteiger partial charge in [0.25, 0.3) is 0 Å². The topological polar surface area (TPSA) is 53.4 Å². The van der Waals surface area contributed by atoms with Crippen LogP contribution in [0.3, 0.4) is 0 Å². The van der Waals surface area contributed by atoms with Crippen molar-refractivity contribution in [2.45, 2.75) is 13.3 Å². The molecule has 0 bridgehead atoms. The number of nitrogens with one attached hydrogen (secondary N) is 1. The Labute approximate surface area is 144 Å². The van der Waals surface area contributed by atoms with E-state index in [2.05, 4.69) is 27.4 Å². The van der Waals surface area contributed by atoms with Gasteiger partial charge >= 0.3 is 6.03 Å². The normalized spacial score (nSPS) is 10.9. The third-order valence-corrected chi connectivity index (χ3v) is 3.85. The van der Waals surface area contributed by atoms with Gasteiger partial charge in [-0.2, -0.15) is 5.10 Å². The average molecular weight is 329 g/mol. The van der Waals surface area contributed by atoms with Crippen LogP contribution in [-0.2, 0) is 13.5 Å². The number of likely N-dealkylation sites (N-methyl/N-ethyl adjacent to an activating group) is 1. The molecule has 6 heteroatoms. The van der Waals surface area contributed by atoms with Crippen LogP contribution in [0.15, 0.2) is 36.4 Å². The zero-order valence-electron chi connectivity index (χ0n) is 15.0. The van der Waals surface area contributed by atoms with Crippen molar-refractivity contribution in [1.82, 2.24) is 19.6 Å². The molecule has 0 saturated carbocycles. The summed E-state index contributed by atoms with van der Waals surface area (Å²) in [5.74, 6) is 0.715. The SMILES string of the molecule is Cc1cc(NC(=O)N(CCc2ccccc2)CCN(C)C)n(C)n1. The van der Waals surface area contributed by atoms with Crippen LogP contribution in [0.25, 0.3) is 0 Å². The molecule has 0 radical (unpaired) electrons. The summed E-state index contributed by atoms with van der Waals surface area (Å²) in [6.45, 7) is 4.10. The number of hydrogen-bond acceptors (Lipinski definition) is 3. The molecule has 1 N–H and O–H groups in total. The summed E-state index contributed by atoms with van der Waals surface area (Å²) in [6, 6.07) is 12.0. The fourth-order valence-electron chi connectivity index (χ4n) is 2.46. The second kappa shape index (κ2) is 8.49. The van der Waals surface area contributed by atoms with E-state index in [-0.39, 0.29) is 6.03 Å². The number of amides is 2. The maximum Gasteiger partial charge on any atom is 0.323 e. The van der Waals surface area contributed by atoms with Crippen molar-refractivity contribution in [2.24, 2.45) is 7.05 Å². The first-order valence-electron chi connectivity index (χ1n) is 8.21. The van der Waals surface area contributed by atoms with E-state index in [1.165, 1.54) is 5.56 Å². The Bertz CT molecular complexity index is 651. The minimum Gasteiger partial charge on any atom is -0.323 e. The zero-order chi connectivity index (χ0) is 17.5. The van der Waals surface area contributed by atoms with Crippen LogP contribution in [0.2, 0.25) is 0 Å². The maximum atomic E-state index is 12.7. The quantitative estimate of drug-likeness (QED) is 0.848. The molecule has 0 aliphatic rings. The molecule has 130 valence electrons. The minimum absolute atomic E-state index is 0.0872. The van der Waals surface area contributed by atoms with Crippen LogP contribution in [0.4, 0.5) is 10.6 Å². The highest BCUT2D eigenvalue weighted by Crippen LogP contribution is 2.10. The number of urea groups is 1. The fraction of sp³-hybridized carbons (Fsp3) is 0.444. The molecular formula is C18H27N5O. The molecule has 0 fully saturated rings. The molecular weight excluding hydrogens is 302 g/mol. The van der Waals surface area contributed by atoms with E-state index in [0.717, 1.165) is 18.7 Å². The summed E-state index contributed by atoms with van der Waals surface area (Å²) >= 11 is 0. The number of rotatable bonds is 7. The average Bonchev–Trinajstić information content (AvgIpc) is 2.85. The Morgan fingerprint density at radius 1 is 1.17 bits per heavy atom. The largest absolute Gasteiger partial charge is 0.323 e. The molecule has 1 heterocycles. The number of carbonyl (C=O) groups excluding carboxylic acids is 1. The summed E-state index contributed by atoms with van der Waals surface area (Å²) < 4.78 is 1.69. The molecule has 2 amide bonds. The van der Waals surface area contributed by atoms with Crippen LogP contribution in [0.1, 0.15) is 11.3 Å². The number of benzene rings is 1. The number of aromatic nitrogens is 2. The number of nitrogens with zero attached hydrogens (tertiary/aromatic N) is 4. The summed E-state index contributed by atoms with van der Waals surface area (Å²) in [6.07, 6.45) is 0.839. The summed E-state index contributed by atoms with van der Waals surface area (Å²) in [5.41, 5.74) is 2.12. The van der Waals surface area contributed by atoms with Gasteiger partial charge in [0.2, 0.25) is 0 Å². The number of carbonyl (C=O) groups is 1. The number of hydrogen-bond donors (Lipinski definition) is 1. The maximum absolute atomic E-state index is 12.7. The van der Waals surface area contributed by atoms with Gasteiger partial charge in [0, 0.05) is 32.7 Å². The minimum atomic E-state index is -0.0872. The summed E-state index contributed by atoms with van der Waals surface area (Å²) in [7, 11) is 5.85. The van der Waals surface area contributed by atoms with E-state index < -0.39 is 0 Å². The van der Waals surface area contributed by atoms with Crippen LogP contribution < -0.4 is 5.32 Å². The Morgan fingerprint density at radius 3 is 2.46 bits per heavy atom. The highest BCUT2D eigenvalue weighted by molar-refractivity contribution is 5.88. The van der Waals surface area contributed by atoms with E-state index in [0.29, 0.717) is 18.9 Å². The highest BCUT2D eigenvalue weighted by atomic mass is 16.2. The molecule has 1 aromatic heterocycles. The van der Waals surface area contributed by atoms with Crippen LogP contribution >= 0.6 is 0 Å². The van der Waals surface area contributed by atoms with Gasteiger partial charge in [-0.3, -0.25) is 10.00 Å². The molecule has 6 nitrogen and oxygen atoms in total. The lowest BCUT2D eigenvalue weighted by molar-refractivity contribution is 0.205. The molecule has 2 rings (SSSR count). The predicted octanol–water partition coefficient (Wildman–Crippen LogP) is 2.37. The van der Waals surface area contributed by atoms with Gasteiger partial charge in [-0.1, -0.05) is 30.3 Å². The second-order valence-electron chi connectivity index (χ2n) is 6.25. The third-order valence-electron chi connectivity index (χ3n) is 3.85. The molecule has 0 spiro atoms. The van der Waals surface area contributed by atoms with Gasteiger partial charge in [-0.15, -0.1) is 0 Å². The van der Waals surface area contributed by atoms with Gasteiger partial charge in [0.15, 0.2) is 0 Å². The Balaban J connectivity index is 2.00. The van der Waals surface area contributed by atoms with E-state index in [4.69, 9.17) is 0 Å². The van der Waals surface area contributed by atoms with E-state index in [1.54, 1.807) is 4.68 Å². The summed E-state index contributed by atoms with van der Waals surface area (Å²) in [4.78, 5) is 16.6. The predicted molar refractivity (Wildman–Crippen MR) is 97.2 cm³/mol. The lowest BCUT2D eigenvalue weighted by Crippen LogP contribution is -2.41. The van der Waals surface area contributed by atoms with Gasteiger partial charge in [-0.25, -0.2) is 4.79 Å². The van der Waals surface area contributed by atoms with Crippen LogP contribution in [-0.4, -0.2) is 59.3 Å². The van der Waals surface area contributed by atoms with E-state index >= 15 is 0 Å². The van der Waals surface area contributed by atoms with Gasteiger partial charge < -0.3 is 9.80 Å². The Kier molecular flexibility index (Phi) is 6.37. The monoisotopic (exact) mass is 329 g/mol. The van der Waals surface area contributed by atoms with Gasteiger partial charge in [0.1, 0.15) is 5.82 Å². The Morgan fingerprint density at radius 2 is 1.88 bits per heavy atom. The molecule has 0 atom stereocenters. The molecule has 24 heavy (non-hydrogen) atoms. The first-order chi connectivity index (χ1) is 11.5. The lowest BCUT2D eigenvalue weighted by Gasteiger charge is -2.24. The second-order valence-corrected chi connectivity index (χ2v) is 6.25. The number of aryl methyl sites for hydroxylation is 2. The first kappa shape index (κ1) is 18.0. The highest BCUT2D eigenvalue weighted by Gasteiger charge is 2.15. The Hall–Kier alpha value is -2.34. The smallest absolute Gasteiger partial charge is 0.323 e. The van der Waals surface area contributed by atoms with Gasteiger partial charge in [-0.05, 0) is 33.0 Å². The molecule has 1 aromatic carbocycles. The lowest BCUT2D eigenvalue weighted by atomic mass is 10.1. The van der Waals surface area contributed by atoms with Crippen LogP contribution in [0.5, 0.6) is 0 Å². The van der Waals surface area contributed by atoms with Crippen molar-refractivity contribution in [1.29, 1.82) is 0 Å². The number of anilines is 1. The molecule has 0 aliphatic carbocycles. The fourth-order valence-corrected chi connectivity index (χ4v) is 2.46. The zero-order valence-corrected chi connectivity index (χ0v) is 15.0. The molecule has 0 unspecified atom stereocenters. The molecule has 0 aliphatic heterocycles. The summed E-state index contributed by atoms with van der Waals surface area (Å²) in [5, 5.41) is 7.23.